The molecule has 0 aromatic heterocycles. The second kappa shape index (κ2) is 8.61. The van der Waals surface area contributed by atoms with Crippen molar-refractivity contribution in [1.82, 2.24) is 9.62 Å². The number of nitrogens with zero attached hydrogens (tertiary/aromatic N) is 1. The number of carbonyl (C=O) groups is 1. The predicted octanol–water partition coefficient (Wildman–Crippen LogP) is 3.08. The van der Waals surface area contributed by atoms with Crippen molar-refractivity contribution < 1.29 is 31.1 Å². The number of nitrogens with one attached hydrogen (secondary N) is 1. The van der Waals surface area contributed by atoms with Gasteiger partial charge in [0.15, 0.2) is 0 Å². The maximum absolute atomic E-state index is 12.3. The Hall–Kier alpha value is -2.59. The van der Waals surface area contributed by atoms with Gasteiger partial charge < -0.3 is 9.64 Å². The van der Waals surface area contributed by atoms with Crippen molar-refractivity contribution in [1.29, 1.82) is 0 Å². The number of carbonyl (C=O) groups excluding carboxylic acids is 1. The normalized spacial score (nSPS) is 13.0. The van der Waals surface area contributed by atoms with Gasteiger partial charge >= 0.3 is 6.36 Å². The van der Waals surface area contributed by atoms with Crippen LogP contribution in [0.25, 0.3) is 0 Å². The molecule has 6 nitrogen and oxygen atoms in total. The van der Waals surface area contributed by atoms with Crippen LogP contribution in [-0.4, -0.2) is 39.2 Å². The first-order chi connectivity index (χ1) is 13.0. The second-order valence-corrected chi connectivity index (χ2v) is 7.70. The zero-order valence-electron chi connectivity index (χ0n) is 15.1. The molecule has 2 aromatic carbocycles. The minimum atomic E-state index is -4.87. The predicted molar refractivity (Wildman–Crippen MR) is 95.9 cm³/mol. The number of likely N-dealkylation sites (N-methyl/N-ethyl adjacent to an activating group) is 1. The monoisotopic (exact) mass is 416 g/mol. The summed E-state index contributed by atoms with van der Waals surface area (Å²) in [6.07, 6.45) is -4.87. The van der Waals surface area contributed by atoms with Gasteiger partial charge in [0, 0.05) is 7.05 Å². The molecule has 0 aliphatic carbocycles. The Balaban J connectivity index is 1.99. The highest BCUT2D eigenvalue weighted by Gasteiger charge is 2.31. The molecule has 0 heterocycles. The Morgan fingerprint density at radius 2 is 1.68 bits per heavy atom. The van der Waals surface area contributed by atoms with Crippen LogP contribution in [0.2, 0.25) is 0 Å². The van der Waals surface area contributed by atoms with Crippen molar-refractivity contribution in [2.45, 2.75) is 24.2 Å². The molecule has 152 valence electrons. The lowest BCUT2D eigenvalue weighted by molar-refractivity contribution is -0.274. The van der Waals surface area contributed by atoms with Crippen LogP contribution in [0.4, 0.5) is 13.2 Å². The van der Waals surface area contributed by atoms with Gasteiger partial charge in [0.25, 0.3) is 0 Å². The lowest BCUT2D eigenvalue weighted by Gasteiger charge is -2.25. The molecular formula is C18H19F3N2O4S. The summed E-state index contributed by atoms with van der Waals surface area (Å²) in [6.45, 7) is 1.32. The van der Waals surface area contributed by atoms with E-state index in [1.807, 2.05) is 30.3 Å². The van der Waals surface area contributed by atoms with Gasteiger partial charge in [-0.15, -0.1) is 13.2 Å². The lowest BCUT2D eigenvalue weighted by atomic mass is 10.1. The minimum Gasteiger partial charge on any atom is -0.406 e. The molecule has 0 saturated carbocycles. The number of benzene rings is 2. The third-order valence-corrected chi connectivity index (χ3v) is 5.45. The lowest BCUT2D eigenvalue weighted by Crippen LogP contribution is -2.39. The summed E-state index contributed by atoms with van der Waals surface area (Å²) in [4.78, 5) is 13.4. The molecule has 0 fully saturated rings. The maximum Gasteiger partial charge on any atom is 0.573 e. The van der Waals surface area contributed by atoms with Crippen LogP contribution < -0.4 is 9.46 Å². The Morgan fingerprint density at radius 1 is 1.11 bits per heavy atom. The third-order valence-electron chi connectivity index (χ3n) is 4.04. The van der Waals surface area contributed by atoms with Gasteiger partial charge in [-0.2, -0.15) is 0 Å². The zero-order valence-corrected chi connectivity index (χ0v) is 15.9. The van der Waals surface area contributed by atoms with Crippen LogP contribution in [-0.2, 0) is 14.8 Å². The summed E-state index contributed by atoms with van der Waals surface area (Å²) in [5, 5.41) is 0. The van der Waals surface area contributed by atoms with E-state index in [4.69, 9.17) is 0 Å². The number of hydrogen-bond acceptors (Lipinski definition) is 4. The van der Waals surface area contributed by atoms with Crippen molar-refractivity contribution in [2.75, 3.05) is 13.6 Å². The van der Waals surface area contributed by atoms with Crippen LogP contribution in [0.15, 0.2) is 59.5 Å². The topological polar surface area (TPSA) is 75.7 Å². The highest BCUT2D eigenvalue weighted by molar-refractivity contribution is 7.89. The Kier molecular flexibility index (Phi) is 6.68. The molecule has 0 radical (unpaired) electrons. The highest BCUT2D eigenvalue weighted by Crippen LogP contribution is 2.24. The van der Waals surface area contributed by atoms with Crippen molar-refractivity contribution in [3.05, 3.63) is 60.2 Å². The molecule has 0 saturated heterocycles. The smallest absolute Gasteiger partial charge is 0.406 e. The fraction of sp³-hybridized carbons (Fsp3) is 0.278. The number of sulfonamides is 1. The number of halogens is 3. The first-order valence-electron chi connectivity index (χ1n) is 8.16. The summed E-state index contributed by atoms with van der Waals surface area (Å²) < 4.78 is 66.8. The van der Waals surface area contributed by atoms with E-state index < -0.39 is 34.6 Å². The molecule has 1 N–H and O–H groups in total. The van der Waals surface area contributed by atoms with Gasteiger partial charge in [-0.25, -0.2) is 13.1 Å². The fourth-order valence-electron chi connectivity index (χ4n) is 2.36. The molecule has 10 heteroatoms. The average Bonchev–Trinajstić information content (AvgIpc) is 2.65. The standard InChI is InChI=1S/C18H19F3N2O4S/c1-13(14-6-4-3-5-7-14)23(2)17(24)12-22-28(25,26)16-10-8-15(9-11-16)27-18(19,20)21/h3-11,13,22H,12H2,1-2H3. The maximum atomic E-state index is 12.3. The first kappa shape index (κ1) is 21.7. The molecular weight excluding hydrogens is 397 g/mol. The molecule has 0 bridgehead atoms. The van der Waals surface area contributed by atoms with Crippen LogP contribution in [0.5, 0.6) is 5.75 Å². The summed E-state index contributed by atoms with van der Waals surface area (Å²) in [5.74, 6) is -1.00. The molecule has 0 aliphatic rings. The van der Waals surface area contributed by atoms with Gasteiger partial charge in [-0.05, 0) is 36.8 Å². The van der Waals surface area contributed by atoms with E-state index in [1.54, 1.807) is 14.0 Å². The van der Waals surface area contributed by atoms with Gasteiger partial charge in [-0.3, -0.25) is 4.79 Å². The Bertz CT molecular complexity index is 901. The van der Waals surface area contributed by atoms with Gasteiger partial charge in [0.05, 0.1) is 17.5 Å². The molecule has 1 atom stereocenters. The molecule has 28 heavy (non-hydrogen) atoms. The molecule has 1 unspecified atom stereocenters. The van der Waals surface area contributed by atoms with Gasteiger partial charge in [-0.1, -0.05) is 30.3 Å². The van der Waals surface area contributed by atoms with Gasteiger partial charge in [0.2, 0.25) is 15.9 Å². The van der Waals surface area contributed by atoms with E-state index in [-0.39, 0.29) is 10.9 Å². The number of amides is 1. The average molecular weight is 416 g/mol. The highest BCUT2D eigenvalue weighted by atomic mass is 32.2. The third kappa shape index (κ3) is 5.96. The molecule has 2 rings (SSSR count). The van der Waals surface area contributed by atoms with Crippen molar-refractivity contribution in [2.24, 2.45) is 0 Å². The zero-order chi connectivity index (χ0) is 20.9. The molecule has 0 aliphatic heterocycles. The van der Waals surface area contributed by atoms with Crippen LogP contribution in [0.3, 0.4) is 0 Å². The Labute approximate surface area is 161 Å². The van der Waals surface area contributed by atoms with E-state index in [2.05, 4.69) is 9.46 Å². The second-order valence-electron chi connectivity index (χ2n) is 5.94. The van der Waals surface area contributed by atoms with Crippen molar-refractivity contribution in [3.63, 3.8) is 0 Å². The summed E-state index contributed by atoms with van der Waals surface area (Å²) in [6, 6.07) is 12.6. The van der Waals surface area contributed by atoms with E-state index in [0.29, 0.717) is 0 Å². The largest absolute Gasteiger partial charge is 0.573 e. The first-order valence-corrected chi connectivity index (χ1v) is 9.64. The Morgan fingerprint density at radius 3 is 2.21 bits per heavy atom. The van der Waals surface area contributed by atoms with E-state index >= 15 is 0 Å². The quantitative estimate of drug-likeness (QED) is 0.753. The number of rotatable bonds is 7. The summed E-state index contributed by atoms with van der Waals surface area (Å²) >= 11 is 0. The minimum absolute atomic E-state index is 0.267. The number of hydrogen-bond donors (Lipinski definition) is 1. The SMILES string of the molecule is CC(c1ccccc1)N(C)C(=O)CNS(=O)(=O)c1ccc(OC(F)(F)F)cc1. The fourth-order valence-corrected chi connectivity index (χ4v) is 3.33. The number of ether oxygens (including phenoxy) is 1. The van der Waals surface area contributed by atoms with E-state index in [1.165, 1.54) is 4.90 Å². The molecule has 1 amide bonds. The van der Waals surface area contributed by atoms with E-state index in [9.17, 15) is 26.4 Å². The molecule has 2 aromatic rings. The van der Waals surface area contributed by atoms with Crippen LogP contribution in [0.1, 0.15) is 18.5 Å². The molecule has 0 spiro atoms. The number of alkyl halides is 3. The van der Waals surface area contributed by atoms with Crippen molar-refractivity contribution in [3.8, 4) is 5.75 Å². The van der Waals surface area contributed by atoms with Gasteiger partial charge in [0.1, 0.15) is 5.75 Å². The summed E-state index contributed by atoms with van der Waals surface area (Å²) in [5.41, 5.74) is 0.890. The van der Waals surface area contributed by atoms with Crippen LogP contribution in [0, 0.1) is 0 Å². The van der Waals surface area contributed by atoms with Crippen LogP contribution >= 0.6 is 0 Å². The summed E-state index contributed by atoms with van der Waals surface area (Å²) in [7, 11) is -2.52. The van der Waals surface area contributed by atoms with Crippen molar-refractivity contribution >= 4 is 15.9 Å². The van der Waals surface area contributed by atoms with E-state index in [0.717, 1.165) is 29.8 Å².